The molecule has 0 unspecified atom stereocenters. The molecule has 0 saturated carbocycles. The maximum atomic E-state index is 13.9. The summed E-state index contributed by atoms with van der Waals surface area (Å²) in [6.07, 6.45) is 8.13. The van der Waals surface area contributed by atoms with Crippen LogP contribution in [0.5, 0.6) is 0 Å². The molecule has 0 aliphatic heterocycles. The summed E-state index contributed by atoms with van der Waals surface area (Å²) in [4.78, 5) is 58.2. The molecule has 2 heterocycles. The molecule has 246 valence electrons. The standard InChI is InChI=1S/C35H41N7O4S/c1-4-37-32(43)16-7-6-11-22-39-33(44)24-41(5-2)35(46)42-30-23-26(47-31-15-9-8-14-28(31)34(45)36-3)18-19-27(30)29(40-42)20-17-25-13-10-12-21-38-25/h8-10,12-15,17-21,23H,4-7,11,16,22,24H2,1-3H3,(H,36,45)(H,37,43)(H,39,44)/b20-17+. The SMILES string of the molecule is CCNC(=O)CCCCCNC(=O)CN(CC)C(=O)n1nc(/C=C/c2ccccn2)c2ccc(Sc3ccccc3C(=O)NC)cc21. The van der Waals surface area contributed by atoms with Gasteiger partial charge in [-0.15, -0.1) is 0 Å². The number of benzene rings is 2. The van der Waals surface area contributed by atoms with E-state index in [1.807, 2.05) is 80.6 Å². The van der Waals surface area contributed by atoms with E-state index >= 15 is 0 Å². The Labute approximate surface area is 279 Å². The number of hydrogen-bond donors (Lipinski definition) is 3. The van der Waals surface area contributed by atoms with E-state index in [0.29, 0.717) is 42.8 Å². The van der Waals surface area contributed by atoms with Crippen molar-refractivity contribution in [1.29, 1.82) is 0 Å². The van der Waals surface area contributed by atoms with E-state index in [2.05, 4.69) is 26.0 Å². The number of amides is 4. The molecule has 3 N–H and O–H groups in total. The molecule has 0 radical (unpaired) electrons. The van der Waals surface area contributed by atoms with Crippen LogP contribution in [-0.4, -0.2) is 76.6 Å². The number of hydrogen-bond acceptors (Lipinski definition) is 7. The minimum Gasteiger partial charge on any atom is -0.356 e. The van der Waals surface area contributed by atoms with Gasteiger partial charge in [-0.05, 0) is 81.3 Å². The monoisotopic (exact) mass is 655 g/mol. The molecule has 0 spiro atoms. The number of likely N-dealkylation sites (N-methyl/N-ethyl adjacent to an activating group) is 1. The molecule has 4 amide bonds. The fraction of sp³-hybridized carbons (Fsp3) is 0.314. The third-order valence-corrected chi connectivity index (χ3v) is 8.38. The predicted octanol–water partition coefficient (Wildman–Crippen LogP) is 5.22. The van der Waals surface area contributed by atoms with Crippen molar-refractivity contribution in [2.45, 2.75) is 49.3 Å². The first-order valence-electron chi connectivity index (χ1n) is 15.8. The molecule has 4 rings (SSSR count). The second kappa shape index (κ2) is 17.7. The van der Waals surface area contributed by atoms with E-state index in [1.165, 1.54) is 21.3 Å². The molecule has 4 aromatic rings. The molecule has 2 aromatic carbocycles. The average Bonchev–Trinajstić information content (AvgIpc) is 3.45. The maximum Gasteiger partial charge on any atom is 0.345 e. The summed E-state index contributed by atoms with van der Waals surface area (Å²) in [5.41, 5.74) is 2.45. The van der Waals surface area contributed by atoms with Crippen molar-refractivity contribution >= 4 is 58.6 Å². The first-order valence-corrected chi connectivity index (χ1v) is 16.6. The van der Waals surface area contributed by atoms with Crippen molar-refractivity contribution < 1.29 is 19.2 Å². The predicted molar refractivity (Wildman–Crippen MR) is 185 cm³/mol. The third kappa shape index (κ3) is 9.76. The summed E-state index contributed by atoms with van der Waals surface area (Å²) in [5.74, 6) is -0.417. The first kappa shape index (κ1) is 34.9. The third-order valence-electron chi connectivity index (χ3n) is 7.31. The molecule has 0 fully saturated rings. The van der Waals surface area contributed by atoms with Gasteiger partial charge in [-0.1, -0.05) is 36.4 Å². The quantitative estimate of drug-likeness (QED) is 0.149. The number of aromatic nitrogens is 3. The smallest absolute Gasteiger partial charge is 0.345 e. The molecule has 47 heavy (non-hydrogen) atoms. The topological polar surface area (TPSA) is 138 Å². The van der Waals surface area contributed by atoms with Gasteiger partial charge in [-0.3, -0.25) is 19.4 Å². The summed E-state index contributed by atoms with van der Waals surface area (Å²) >= 11 is 1.41. The van der Waals surface area contributed by atoms with Crippen molar-refractivity contribution in [2.75, 3.05) is 33.2 Å². The van der Waals surface area contributed by atoms with Crippen LogP contribution in [0.3, 0.4) is 0 Å². The van der Waals surface area contributed by atoms with Crippen LogP contribution in [0, 0.1) is 0 Å². The summed E-state index contributed by atoms with van der Waals surface area (Å²) < 4.78 is 1.33. The Hall–Kier alpha value is -4.97. The van der Waals surface area contributed by atoms with Gasteiger partial charge in [0.15, 0.2) is 0 Å². The highest BCUT2D eigenvalue weighted by molar-refractivity contribution is 7.99. The van der Waals surface area contributed by atoms with Gasteiger partial charge in [0, 0.05) is 54.5 Å². The van der Waals surface area contributed by atoms with Crippen molar-refractivity contribution in [2.24, 2.45) is 0 Å². The number of rotatable bonds is 15. The largest absolute Gasteiger partial charge is 0.356 e. The van der Waals surface area contributed by atoms with Gasteiger partial charge < -0.3 is 20.9 Å². The zero-order valence-electron chi connectivity index (χ0n) is 27.0. The summed E-state index contributed by atoms with van der Waals surface area (Å²) in [6, 6.07) is 18.2. The molecule has 11 nitrogen and oxygen atoms in total. The second-order valence-corrected chi connectivity index (χ2v) is 11.8. The fourth-order valence-corrected chi connectivity index (χ4v) is 5.85. The summed E-state index contributed by atoms with van der Waals surface area (Å²) in [7, 11) is 1.59. The van der Waals surface area contributed by atoms with Crippen molar-refractivity contribution in [3.63, 3.8) is 0 Å². The van der Waals surface area contributed by atoms with Gasteiger partial charge in [0.05, 0.1) is 22.5 Å². The summed E-state index contributed by atoms with van der Waals surface area (Å²) in [6.45, 7) is 4.96. The van der Waals surface area contributed by atoms with Gasteiger partial charge >= 0.3 is 6.03 Å². The van der Waals surface area contributed by atoms with Crippen molar-refractivity contribution in [1.82, 2.24) is 35.6 Å². The molecule has 12 heteroatoms. The van der Waals surface area contributed by atoms with Crippen LogP contribution in [0.4, 0.5) is 4.79 Å². The van der Waals surface area contributed by atoms with Gasteiger partial charge in [0.2, 0.25) is 11.8 Å². The van der Waals surface area contributed by atoms with E-state index in [4.69, 9.17) is 0 Å². The Morgan fingerprint density at radius 2 is 1.72 bits per heavy atom. The highest BCUT2D eigenvalue weighted by Crippen LogP contribution is 2.33. The number of nitrogens with one attached hydrogen (secondary N) is 3. The molecule has 0 atom stereocenters. The zero-order valence-corrected chi connectivity index (χ0v) is 27.8. The van der Waals surface area contributed by atoms with Crippen LogP contribution in [0.25, 0.3) is 23.1 Å². The number of carbonyl (C=O) groups is 4. The number of pyridine rings is 1. The maximum absolute atomic E-state index is 13.9. The van der Waals surface area contributed by atoms with E-state index in [9.17, 15) is 19.2 Å². The van der Waals surface area contributed by atoms with E-state index in [1.54, 1.807) is 19.3 Å². The van der Waals surface area contributed by atoms with Crippen LogP contribution >= 0.6 is 11.8 Å². The first-order chi connectivity index (χ1) is 22.8. The molecule has 2 aromatic heterocycles. The Morgan fingerprint density at radius 3 is 2.47 bits per heavy atom. The van der Waals surface area contributed by atoms with Crippen LogP contribution in [0.1, 0.15) is 61.3 Å². The lowest BCUT2D eigenvalue weighted by molar-refractivity contribution is -0.122. The van der Waals surface area contributed by atoms with E-state index < -0.39 is 6.03 Å². The minimum absolute atomic E-state index is 0.0367. The minimum atomic E-state index is -0.431. The normalized spacial score (nSPS) is 11.0. The van der Waals surface area contributed by atoms with Crippen molar-refractivity contribution in [3.05, 3.63) is 83.8 Å². The van der Waals surface area contributed by atoms with Gasteiger partial charge in [0.1, 0.15) is 6.54 Å². The lowest BCUT2D eigenvalue weighted by atomic mass is 10.2. The molecule has 0 aliphatic rings. The van der Waals surface area contributed by atoms with Gasteiger partial charge in [-0.2, -0.15) is 9.78 Å². The van der Waals surface area contributed by atoms with E-state index in [0.717, 1.165) is 40.1 Å². The highest BCUT2D eigenvalue weighted by Gasteiger charge is 2.22. The second-order valence-electron chi connectivity index (χ2n) is 10.7. The molecular weight excluding hydrogens is 614 g/mol. The lowest BCUT2D eigenvalue weighted by Gasteiger charge is -2.20. The molecule has 0 saturated heterocycles. The molecule has 0 aliphatic carbocycles. The Morgan fingerprint density at radius 1 is 0.915 bits per heavy atom. The molecule has 0 bridgehead atoms. The Balaban J connectivity index is 1.54. The Kier molecular flexibility index (Phi) is 13.1. The summed E-state index contributed by atoms with van der Waals surface area (Å²) in [5, 5.41) is 13.8. The molecular formula is C35H41N7O4S. The van der Waals surface area contributed by atoms with Crippen molar-refractivity contribution in [3.8, 4) is 0 Å². The van der Waals surface area contributed by atoms with Crippen LogP contribution < -0.4 is 16.0 Å². The number of fused-ring (bicyclic) bond motifs is 1. The van der Waals surface area contributed by atoms with Crippen LogP contribution in [0.2, 0.25) is 0 Å². The van der Waals surface area contributed by atoms with Gasteiger partial charge in [0.25, 0.3) is 5.91 Å². The average molecular weight is 656 g/mol. The number of unbranched alkanes of at least 4 members (excludes halogenated alkanes) is 2. The number of nitrogens with zero attached hydrogens (tertiary/aromatic N) is 4. The van der Waals surface area contributed by atoms with Crippen LogP contribution in [0.15, 0.2) is 76.7 Å². The van der Waals surface area contributed by atoms with E-state index in [-0.39, 0.29) is 24.3 Å². The lowest BCUT2D eigenvalue weighted by Crippen LogP contribution is -2.43. The highest BCUT2D eigenvalue weighted by atomic mass is 32.2. The van der Waals surface area contributed by atoms with Gasteiger partial charge in [-0.25, -0.2) is 4.79 Å². The van der Waals surface area contributed by atoms with Crippen LogP contribution in [-0.2, 0) is 9.59 Å². The Bertz CT molecular complexity index is 1720. The fourth-order valence-electron chi connectivity index (χ4n) is 4.87. The number of carbonyl (C=O) groups excluding carboxylic acids is 4. The zero-order chi connectivity index (χ0) is 33.6.